The third-order valence-corrected chi connectivity index (χ3v) is 4.47. The van der Waals surface area contributed by atoms with Crippen LogP contribution in [-0.2, 0) is 26.4 Å². The minimum atomic E-state index is 0.693. The van der Waals surface area contributed by atoms with Gasteiger partial charge in [0, 0.05) is 18.8 Å². The molecular weight excluding hydrogens is 274 g/mol. The number of rotatable bonds is 3. The Morgan fingerprint density at radius 2 is 2.05 bits per heavy atom. The molecule has 0 saturated heterocycles. The molecule has 0 aliphatic heterocycles. The number of benzene rings is 1. The number of fused-ring (bicyclic) bond motifs is 1. The van der Waals surface area contributed by atoms with Crippen molar-refractivity contribution in [3.63, 3.8) is 0 Å². The van der Waals surface area contributed by atoms with Crippen LogP contribution in [0, 0.1) is 0 Å². The van der Waals surface area contributed by atoms with Crippen LogP contribution in [0.1, 0.15) is 29.7 Å². The average molecular weight is 293 g/mol. The Kier molecular flexibility index (Phi) is 3.25. The van der Waals surface area contributed by atoms with Crippen molar-refractivity contribution in [2.24, 2.45) is 7.05 Å². The van der Waals surface area contributed by atoms with Gasteiger partial charge in [-0.05, 0) is 42.4 Å². The molecule has 0 amide bonds. The predicted molar refractivity (Wildman–Crippen MR) is 84.4 cm³/mol. The molecule has 0 N–H and O–H groups in total. The molecule has 5 heteroatoms. The van der Waals surface area contributed by atoms with Gasteiger partial charge in [-0.25, -0.2) is 0 Å². The van der Waals surface area contributed by atoms with E-state index in [0.717, 1.165) is 5.69 Å². The van der Waals surface area contributed by atoms with Crippen LogP contribution < -0.4 is 0 Å². The fourth-order valence-corrected chi connectivity index (χ4v) is 3.26. The number of nitrogens with zero attached hydrogens (tertiary/aromatic N) is 5. The van der Waals surface area contributed by atoms with Crippen molar-refractivity contribution in [3.05, 3.63) is 53.6 Å². The third kappa shape index (κ3) is 2.32. The Morgan fingerprint density at radius 3 is 2.91 bits per heavy atom. The highest BCUT2D eigenvalue weighted by Gasteiger charge is 2.15. The van der Waals surface area contributed by atoms with Crippen molar-refractivity contribution in [1.29, 1.82) is 0 Å². The summed E-state index contributed by atoms with van der Waals surface area (Å²) >= 11 is 0. The first-order chi connectivity index (χ1) is 10.8. The molecule has 0 radical (unpaired) electrons. The second-order valence-electron chi connectivity index (χ2n) is 5.93. The first kappa shape index (κ1) is 13.2. The summed E-state index contributed by atoms with van der Waals surface area (Å²) in [6, 6.07) is 6.66. The van der Waals surface area contributed by atoms with E-state index in [0.29, 0.717) is 6.54 Å². The molecule has 3 aromatic rings. The van der Waals surface area contributed by atoms with Gasteiger partial charge >= 0.3 is 0 Å². The Morgan fingerprint density at radius 1 is 1.14 bits per heavy atom. The number of aryl methyl sites for hydroxylation is 2. The van der Waals surface area contributed by atoms with Gasteiger partial charge in [0.2, 0.25) is 0 Å². The number of hydrogen-bond acceptors (Lipinski definition) is 3. The Labute approximate surface area is 129 Å². The summed E-state index contributed by atoms with van der Waals surface area (Å²) in [7, 11) is 1.90. The summed E-state index contributed by atoms with van der Waals surface area (Å²) in [6.45, 7) is 0.693. The van der Waals surface area contributed by atoms with Gasteiger partial charge < -0.3 is 0 Å². The second-order valence-corrected chi connectivity index (χ2v) is 5.93. The zero-order valence-corrected chi connectivity index (χ0v) is 12.7. The van der Waals surface area contributed by atoms with E-state index < -0.39 is 0 Å². The van der Waals surface area contributed by atoms with Gasteiger partial charge in [-0.2, -0.15) is 5.10 Å². The van der Waals surface area contributed by atoms with Gasteiger partial charge in [0.05, 0.1) is 24.6 Å². The molecule has 0 spiro atoms. The fraction of sp³-hybridized carbons (Fsp3) is 0.353. The van der Waals surface area contributed by atoms with E-state index >= 15 is 0 Å². The lowest BCUT2D eigenvalue weighted by molar-refractivity contribution is 0.611. The van der Waals surface area contributed by atoms with E-state index in [1.165, 1.54) is 47.9 Å². The largest absolute Gasteiger partial charge is 0.266 e. The number of hydrogen-bond donors (Lipinski definition) is 0. The molecule has 0 saturated carbocycles. The van der Waals surface area contributed by atoms with Crippen LogP contribution in [0.5, 0.6) is 0 Å². The van der Waals surface area contributed by atoms with Gasteiger partial charge in [-0.15, -0.1) is 5.10 Å². The smallest absolute Gasteiger partial charge is 0.0844 e. The molecule has 112 valence electrons. The topological polar surface area (TPSA) is 48.5 Å². The number of aromatic nitrogens is 5. The van der Waals surface area contributed by atoms with Crippen molar-refractivity contribution in [3.8, 4) is 11.1 Å². The monoisotopic (exact) mass is 293 g/mol. The minimum Gasteiger partial charge on any atom is -0.266 e. The average Bonchev–Trinajstić information content (AvgIpc) is 3.17. The molecule has 1 aliphatic rings. The Balaban J connectivity index is 1.66. The fourth-order valence-electron chi connectivity index (χ4n) is 3.26. The molecule has 0 fully saturated rings. The molecule has 4 rings (SSSR count). The van der Waals surface area contributed by atoms with Crippen molar-refractivity contribution in [2.75, 3.05) is 0 Å². The molecule has 2 heterocycles. The van der Waals surface area contributed by atoms with Crippen LogP contribution in [0.3, 0.4) is 0 Å². The standard InChI is InChI=1S/C17H19N5/c1-21-15(10-18-20-21)12-22-11-14(9-19-22)17-8-4-6-13-5-2-3-7-16(13)17/h4,6,8-11H,2-3,5,7,12H2,1H3. The molecule has 0 bridgehead atoms. The lowest BCUT2D eigenvalue weighted by atomic mass is 9.87. The van der Waals surface area contributed by atoms with E-state index in [2.05, 4.69) is 39.8 Å². The molecular formula is C17H19N5. The predicted octanol–water partition coefficient (Wildman–Crippen LogP) is 2.61. The zero-order chi connectivity index (χ0) is 14.9. The van der Waals surface area contributed by atoms with Crippen molar-refractivity contribution >= 4 is 0 Å². The van der Waals surface area contributed by atoms with E-state index in [4.69, 9.17) is 0 Å². The molecule has 5 nitrogen and oxygen atoms in total. The Bertz CT molecular complexity index is 799. The van der Waals surface area contributed by atoms with Gasteiger partial charge in [-0.1, -0.05) is 23.4 Å². The first-order valence-electron chi connectivity index (χ1n) is 7.78. The van der Waals surface area contributed by atoms with Gasteiger partial charge in [0.1, 0.15) is 0 Å². The van der Waals surface area contributed by atoms with E-state index in [-0.39, 0.29) is 0 Å². The highest BCUT2D eigenvalue weighted by atomic mass is 15.4. The van der Waals surface area contributed by atoms with Crippen molar-refractivity contribution in [1.82, 2.24) is 24.8 Å². The van der Waals surface area contributed by atoms with E-state index in [1.54, 1.807) is 10.9 Å². The van der Waals surface area contributed by atoms with Crippen LogP contribution in [0.4, 0.5) is 0 Å². The Hall–Kier alpha value is -2.43. The van der Waals surface area contributed by atoms with Gasteiger partial charge in [0.15, 0.2) is 0 Å². The lowest BCUT2D eigenvalue weighted by Gasteiger charge is -2.18. The summed E-state index contributed by atoms with van der Waals surface area (Å²) in [5.74, 6) is 0. The maximum atomic E-state index is 4.51. The maximum Gasteiger partial charge on any atom is 0.0844 e. The summed E-state index contributed by atoms with van der Waals surface area (Å²) in [5.41, 5.74) is 6.60. The van der Waals surface area contributed by atoms with Crippen LogP contribution in [0.25, 0.3) is 11.1 Å². The summed E-state index contributed by atoms with van der Waals surface area (Å²) in [6.07, 6.45) is 10.9. The van der Waals surface area contributed by atoms with Gasteiger partial charge in [0.25, 0.3) is 0 Å². The first-order valence-corrected chi connectivity index (χ1v) is 7.78. The highest BCUT2D eigenvalue weighted by molar-refractivity contribution is 5.68. The minimum absolute atomic E-state index is 0.693. The van der Waals surface area contributed by atoms with Crippen LogP contribution in [0.2, 0.25) is 0 Å². The van der Waals surface area contributed by atoms with Crippen LogP contribution in [-0.4, -0.2) is 24.8 Å². The summed E-state index contributed by atoms with van der Waals surface area (Å²) in [4.78, 5) is 0. The molecule has 22 heavy (non-hydrogen) atoms. The molecule has 2 aromatic heterocycles. The summed E-state index contributed by atoms with van der Waals surface area (Å²) in [5, 5.41) is 12.4. The molecule has 0 unspecified atom stereocenters. The van der Waals surface area contributed by atoms with E-state index in [9.17, 15) is 0 Å². The molecule has 1 aliphatic carbocycles. The maximum absolute atomic E-state index is 4.51. The highest BCUT2D eigenvalue weighted by Crippen LogP contribution is 2.31. The second kappa shape index (κ2) is 5.40. The van der Waals surface area contributed by atoms with E-state index in [1.807, 2.05) is 17.9 Å². The van der Waals surface area contributed by atoms with Gasteiger partial charge in [-0.3, -0.25) is 9.36 Å². The van der Waals surface area contributed by atoms with Crippen molar-refractivity contribution in [2.45, 2.75) is 32.2 Å². The molecule has 1 aromatic carbocycles. The lowest BCUT2D eigenvalue weighted by Crippen LogP contribution is -2.06. The zero-order valence-electron chi connectivity index (χ0n) is 12.7. The van der Waals surface area contributed by atoms with Crippen molar-refractivity contribution < 1.29 is 0 Å². The van der Waals surface area contributed by atoms with Crippen LogP contribution >= 0.6 is 0 Å². The normalized spacial score (nSPS) is 14.0. The quantitative estimate of drug-likeness (QED) is 0.746. The third-order valence-electron chi connectivity index (χ3n) is 4.47. The summed E-state index contributed by atoms with van der Waals surface area (Å²) < 4.78 is 3.74. The van der Waals surface area contributed by atoms with Crippen LogP contribution in [0.15, 0.2) is 36.8 Å². The SMILES string of the molecule is Cn1nncc1Cn1cc(-c2cccc3c2CCCC3)cn1. The molecule has 0 atom stereocenters.